The van der Waals surface area contributed by atoms with Gasteiger partial charge in [0.15, 0.2) is 0 Å². The molecule has 1 aliphatic rings. The number of carbonyl (C=O) groups is 1. The maximum Gasteiger partial charge on any atom is 0.257 e. The van der Waals surface area contributed by atoms with Crippen molar-refractivity contribution in [3.05, 3.63) is 17.5 Å². The predicted octanol–water partition coefficient (Wildman–Crippen LogP) is 0.965. The molecule has 4 nitrogen and oxygen atoms in total. The molecule has 1 saturated heterocycles. The van der Waals surface area contributed by atoms with E-state index < -0.39 is 0 Å². The predicted molar refractivity (Wildman–Crippen MR) is 53.1 cm³/mol. The number of hydrogen-bond donors (Lipinski definition) is 0. The van der Waals surface area contributed by atoms with Crippen molar-refractivity contribution in [3.63, 3.8) is 0 Å². The van der Waals surface area contributed by atoms with Gasteiger partial charge in [0.25, 0.3) is 5.91 Å². The van der Waals surface area contributed by atoms with Gasteiger partial charge in [-0.15, -0.1) is 0 Å². The molecule has 0 bridgehead atoms. The van der Waals surface area contributed by atoms with E-state index in [1.165, 1.54) is 0 Å². The number of aryl methyl sites for hydroxylation is 2. The fraction of sp³-hybridized carbons (Fsp3) is 0.600. The number of amides is 1. The van der Waals surface area contributed by atoms with E-state index in [1.807, 2.05) is 18.9 Å². The van der Waals surface area contributed by atoms with E-state index in [1.54, 1.807) is 10.9 Å². The second-order valence-electron chi connectivity index (χ2n) is 3.80. The Morgan fingerprint density at radius 1 is 1.43 bits per heavy atom. The Hall–Kier alpha value is -1.32. The van der Waals surface area contributed by atoms with Crippen molar-refractivity contribution in [1.29, 1.82) is 0 Å². The summed E-state index contributed by atoms with van der Waals surface area (Å²) < 4.78 is 1.69. The van der Waals surface area contributed by atoms with E-state index in [9.17, 15) is 4.79 Å². The van der Waals surface area contributed by atoms with E-state index in [-0.39, 0.29) is 5.91 Å². The van der Waals surface area contributed by atoms with Crippen LogP contribution in [0.2, 0.25) is 0 Å². The minimum absolute atomic E-state index is 0.133. The minimum atomic E-state index is 0.133. The van der Waals surface area contributed by atoms with Crippen molar-refractivity contribution in [1.82, 2.24) is 14.7 Å². The lowest BCUT2D eigenvalue weighted by atomic mass is 10.2. The zero-order valence-corrected chi connectivity index (χ0v) is 8.66. The summed E-state index contributed by atoms with van der Waals surface area (Å²) >= 11 is 0. The van der Waals surface area contributed by atoms with E-state index >= 15 is 0 Å². The molecule has 0 N–H and O–H groups in total. The molecule has 0 aliphatic carbocycles. The Balaban J connectivity index is 2.21. The van der Waals surface area contributed by atoms with Crippen molar-refractivity contribution in [3.8, 4) is 0 Å². The molecule has 1 fully saturated rings. The van der Waals surface area contributed by atoms with E-state index in [2.05, 4.69) is 5.10 Å². The van der Waals surface area contributed by atoms with Crippen LogP contribution in [0.3, 0.4) is 0 Å². The molecule has 0 saturated carbocycles. The third kappa shape index (κ3) is 1.52. The van der Waals surface area contributed by atoms with Crippen molar-refractivity contribution < 1.29 is 4.79 Å². The second kappa shape index (κ2) is 3.44. The van der Waals surface area contributed by atoms with Gasteiger partial charge in [0.1, 0.15) is 0 Å². The molecule has 2 rings (SSSR count). The Kier molecular flexibility index (Phi) is 2.27. The lowest BCUT2D eigenvalue weighted by molar-refractivity contribution is 0.0792. The summed E-state index contributed by atoms with van der Waals surface area (Å²) in [6, 6.07) is 0. The Morgan fingerprint density at radius 2 is 2.07 bits per heavy atom. The van der Waals surface area contributed by atoms with Gasteiger partial charge in [-0.2, -0.15) is 5.10 Å². The minimum Gasteiger partial charge on any atom is -0.339 e. The van der Waals surface area contributed by atoms with Crippen LogP contribution in [0, 0.1) is 6.92 Å². The van der Waals surface area contributed by atoms with Crippen molar-refractivity contribution in [2.75, 3.05) is 13.1 Å². The van der Waals surface area contributed by atoms with Crippen molar-refractivity contribution in [2.24, 2.45) is 7.05 Å². The maximum atomic E-state index is 12.0. The smallest absolute Gasteiger partial charge is 0.257 e. The van der Waals surface area contributed by atoms with Crippen molar-refractivity contribution >= 4 is 5.91 Å². The number of carbonyl (C=O) groups excluding carboxylic acids is 1. The third-order valence-corrected chi connectivity index (χ3v) is 2.64. The molecule has 0 atom stereocenters. The lowest BCUT2D eigenvalue weighted by Gasteiger charge is -2.13. The number of rotatable bonds is 1. The van der Waals surface area contributed by atoms with Crippen LogP contribution in [0.25, 0.3) is 0 Å². The van der Waals surface area contributed by atoms with Gasteiger partial charge in [0.05, 0.1) is 11.3 Å². The standard InChI is InChI=1S/C10H15N3O/c1-8-9(7-12(2)11-8)10(14)13-5-3-4-6-13/h7H,3-6H2,1-2H3. The monoisotopic (exact) mass is 193 g/mol. The summed E-state index contributed by atoms with van der Waals surface area (Å²) in [5, 5.41) is 4.17. The van der Waals surface area contributed by atoms with Crippen LogP contribution >= 0.6 is 0 Å². The fourth-order valence-electron chi connectivity index (χ4n) is 1.90. The Labute approximate surface area is 83.5 Å². The molecule has 1 aromatic heterocycles. The highest BCUT2D eigenvalue weighted by Crippen LogP contribution is 2.14. The molecule has 76 valence electrons. The molecule has 1 amide bonds. The zero-order valence-electron chi connectivity index (χ0n) is 8.66. The molecule has 2 heterocycles. The van der Waals surface area contributed by atoms with Gasteiger partial charge < -0.3 is 4.90 Å². The van der Waals surface area contributed by atoms with Gasteiger partial charge in [-0.3, -0.25) is 9.48 Å². The second-order valence-corrected chi connectivity index (χ2v) is 3.80. The van der Waals surface area contributed by atoms with E-state index in [0.29, 0.717) is 0 Å². The molecule has 0 spiro atoms. The van der Waals surface area contributed by atoms with Crippen LogP contribution in [-0.4, -0.2) is 33.7 Å². The van der Waals surface area contributed by atoms with Crippen LogP contribution in [0.5, 0.6) is 0 Å². The van der Waals surface area contributed by atoms with Crippen LogP contribution < -0.4 is 0 Å². The first kappa shape index (κ1) is 9.24. The van der Waals surface area contributed by atoms with Gasteiger partial charge in [0.2, 0.25) is 0 Å². The Bertz CT molecular complexity index is 350. The Morgan fingerprint density at radius 3 is 2.57 bits per heavy atom. The number of likely N-dealkylation sites (tertiary alicyclic amines) is 1. The maximum absolute atomic E-state index is 12.0. The fourth-order valence-corrected chi connectivity index (χ4v) is 1.90. The highest BCUT2D eigenvalue weighted by Gasteiger charge is 2.22. The topological polar surface area (TPSA) is 38.1 Å². The van der Waals surface area contributed by atoms with Crippen LogP contribution in [0.15, 0.2) is 6.20 Å². The molecular weight excluding hydrogens is 178 g/mol. The first-order valence-corrected chi connectivity index (χ1v) is 4.98. The average Bonchev–Trinajstić information content (AvgIpc) is 2.73. The quantitative estimate of drug-likeness (QED) is 0.666. The molecular formula is C10H15N3O. The van der Waals surface area contributed by atoms with E-state index in [0.717, 1.165) is 37.2 Å². The highest BCUT2D eigenvalue weighted by atomic mass is 16.2. The zero-order chi connectivity index (χ0) is 10.1. The summed E-state index contributed by atoms with van der Waals surface area (Å²) in [6.07, 6.45) is 4.06. The van der Waals surface area contributed by atoms with Gasteiger partial charge in [-0.25, -0.2) is 0 Å². The van der Waals surface area contributed by atoms with Crippen LogP contribution in [0.4, 0.5) is 0 Å². The normalized spacial score (nSPS) is 16.3. The molecule has 1 aromatic rings. The number of nitrogens with zero attached hydrogens (tertiary/aromatic N) is 3. The van der Waals surface area contributed by atoms with E-state index in [4.69, 9.17) is 0 Å². The molecule has 0 aromatic carbocycles. The highest BCUT2D eigenvalue weighted by molar-refractivity contribution is 5.95. The van der Waals surface area contributed by atoms with Gasteiger partial charge >= 0.3 is 0 Å². The van der Waals surface area contributed by atoms with Gasteiger partial charge in [-0.1, -0.05) is 0 Å². The summed E-state index contributed by atoms with van der Waals surface area (Å²) in [5.41, 5.74) is 1.57. The van der Waals surface area contributed by atoms with Gasteiger partial charge in [-0.05, 0) is 19.8 Å². The first-order chi connectivity index (χ1) is 6.68. The molecule has 4 heteroatoms. The molecule has 1 aliphatic heterocycles. The summed E-state index contributed by atoms with van der Waals surface area (Å²) in [4.78, 5) is 13.9. The van der Waals surface area contributed by atoms with Crippen LogP contribution in [0.1, 0.15) is 28.9 Å². The lowest BCUT2D eigenvalue weighted by Crippen LogP contribution is -2.27. The third-order valence-electron chi connectivity index (χ3n) is 2.64. The molecule has 0 unspecified atom stereocenters. The molecule has 14 heavy (non-hydrogen) atoms. The number of aromatic nitrogens is 2. The average molecular weight is 193 g/mol. The van der Waals surface area contributed by atoms with Crippen LogP contribution in [-0.2, 0) is 7.05 Å². The summed E-state index contributed by atoms with van der Waals surface area (Å²) in [5.74, 6) is 0.133. The number of hydrogen-bond acceptors (Lipinski definition) is 2. The SMILES string of the molecule is Cc1nn(C)cc1C(=O)N1CCCC1. The van der Waals surface area contributed by atoms with Gasteiger partial charge in [0, 0.05) is 26.3 Å². The molecule has 0 radical (unpaired) electrons. The summed E-state index contributed by atoms with van der Waals surface area (Å²) in [6.45, 7) is 3.67. The van der Waals surface area contributed by atoms with Crippen molar-refractivity contribution in [2.45, 2.75) is 19.8 Å². The first-order valence-electron chi connectivity index (χ1n) is 4.98. The summed E-state index contributed by atoms with van der Waals surface area (Å²) in [7, 11) is 1.84. The largest absolute Gasteiger partial charge is 0.339 e.